The van der Waals surface area contributed by atoms with Crippen LogP contribution in [0.15, 0.2) is 89.8 Å². The van der Waals surface area contributed by atoms with Gasteiger partial charge in [-0.1, -0.05) is 48.5 Å². The molecular weight excluding hydrogens is 454 g/mol. The first-order chi connectivity index (χ1) is 15.9. The van der Waals surface area contributed by atoms with Gasteiger partial charge in [-0.3, -0.25) is 9.10 Å². The van der Waals surface area contributed by atoms with Crippen molar-refractivity contribution in [1.82, 2.24) is 4.98 Å². The quantitative estimate of drug-likeness (QED) is 0.377. The summed E-state index contributed by atoms with van der Waals surface area (Å²) in [5.74, 6) is -0.340. The molecule has 8 heteroatoms. The predicted octanol–water partition coefficient (Wildman–Crippen LogP) is 5.59. The third-order valence-corrected chi connectivity index (χ3v) is 7.95. The molecule has 0 spiro atoms. The van der Waals surface area contributed by atoms with Gasteiger partial charge < -0.3 is 5.32 Å². The van der Waals surface area contributed by atoms with E-state index in [1.807, 2.05) is 43.3 Å². The minimum absolute atomic E-state index is 0.153. The third kappa shape index (κ3) is 4.81. The first-order valence-corrected chi connectivity index (χ1v) is 12.7. The highest BCUT2D eigenvalue weighted by molar-refractivity contribution is 7.92. The van der Waals surface area contributed by atoms with Gasteiger partial charge in [0.25, 0.3) is 15.9 Å². The van der Waals surface area contributed by atoms with Gasteiger partial charge >= 0.3 is 0 Å². The van der Waals surface area contributed by atoms with E-state index in [-0.39, 0.29) is 10.8 Å². The Labute approximate surface area is 197 Å². The molecule has 3 aromatic carbocycles. The van der Waals surface area contributed by atoms with E-state index in [9.17, 15) is 13.2 Å². The topological polar surface area (TPSA) is 79.4 Å². The van der Waals surface area contributed by atoms with Crippen LogP contribution >= 0.6 is 11.3 Å². The van der Waals surface area contributed by atoms with Crippen molar-refractivity contribution in [3.05, 3.63) is 95.6 Å². The predicted molar refractivity (Wildman–Crippen MR) is 133 cm³/mol. The number of anilines is 2. The van der Waals surface area contributed by atoms with E-state index in [1.165, 1.54) is 27.8 Å². The number of benzene rings is 3. The van der Waals surface area contributed by atoms with Gasteiger partial charge in [-0.15, -0.1) is 11.3 Å². The van der Waals surface area contributed by atoms with Crippen LogP contribution in [0, 0.1) is 6.92 Å². The number of para-hydroxylation sites is 1. The van der Waals surface area contributed by atoms with Crippen LogP contribution in [0.3, 0.4) is 0 Å². The molecule has 0 aliphatic carbocycles. The van der Waals surface area contributed by atoms with Gasteiger partial charge in [-0.25, -0.2) is 13.4 Å². The lowest BCUT2D eigenvalue weighted by atomic mass is 10.1. The average Bonchev–Trinajstić information content (AvgIpc) is 3.23. The van der Waals surface area contributed by atoms with Crippen molar-refractivity contribution in [1.29, 1.82) is 0 Å². The lowest BCUT2D eigenvalue weighted by molar-refractivity contribution is 0.102. The molecule has 0 aliphatic heterocycles. The molecule has 168 valence electrons. The molecule has 0 aliphatic rings. The Hall–Kier alpha value is -3.49. The van der Waals surface area contributed by atoms with E-state index in [0.717, 1.165) is 15.4 Å². The monoisotopic (exact) mass is 477 g/mol. The minimum atomic E-state index is -3.73. The normalized spacial score (nSPS) is 11.2. The van der Waals surface area contributed by atoms with Gasteiger partial charge in [0.2, 0.25) is 0 Å². The summed E-state index contributed by atoms with van der Waals surface area (Å²) in [6.45, 7) is 3.95. The summed E-state index contributed by atoms with van der Waals surface area (Å²) in [4.78, 5) is 18.3. The molecule has 0 fully saturated rings. The molecule has 6 nitrogen and oxygen atoms in total. The molecule has 0 bridgehead atoms. The maximum absolute atomic E-state index is 13.2. The molecule has 0 atom stereocenters. The van der Waals surface area contributed by atoms with Crippen LogP contribution < -0.4 is 9.62 Å². The first kappa shape index (κ1) is 22.7. The number of sulfonamides is 1. The molecular formula is C25H23N3O3S2. The fourth-order valence-corrected chi connectivity index (χ4v) is 5.87. The van der Waals surface area contributed by atoms with E-state index in [2.05, 4.69) is 10.3 Å². The van der Waals surface area contributed by atoms with Crippen LogP contribution in [0.2, 0.25) is 0 Å². The summed E-state index contributed by atoms with van der Waals surface area (Å²) in [6.07, 6.45) is 0. The van der Waals surface area contributed by atoms with E-state index in [4.69, 9.17) is 0 Å². The molecule has 33 heavy (non-hydrogen) atoms. The third-order valence-electron chi connectivity index (χ3n) is 5.02. The lowest BCUT2D eigenvalue weighted by Gasteiger charge is -2.23. The zero-order valence-corrected chi connectivity index (χ0v) is 19.9. The van der Waals surface area contributed by atoms with Crippen molar-refractivity contribution in [3.63, 3.8) is 0 Å². The minimum Gasteiger partial charge on any atom is -0.321 e. The maximum Gasteiger partial charge on any atom is 0.275 e. The second-order valence-electron chi connectivity index (χ2n) is 7.26. The summed E-state index contributed by atoms with van der Waals surface area (Å²) >= 11 is 1.46. The Kier molecular flexibility index (Phi) is 6.57. The second-order valence-corrected chi connectivity index (χ2v) is 10.3. The zero-order valence-electron chi connectivity index (χ0n) is 18.2. The highest BCUT2D eigenvalue weighted by atomic mass is 32.2. The number of aromatic nitrogens is 1. The number of nitrogens with one attached hydrogen (secondary N) is 1. The number of carbonyl (C=O) groups is 1. The van der Waals surface area contributed by atoms with Gasteiger partial charge in [0.05, 0.1) is 20.5 Å². The summed E-state index contributed by atoms with van der Waals surface area (Å²) in [5.41, 5.74) is 2.37. The van der Waals surface area contributed by atoms with Crippen LogP contribution in [0.4, 0.5) is 11.4 Å². The zero-order chi connectivity index (χ0) is 23.4. The summed E-state index contributed by atoms with van der Waals surface area (Å²) < 4.78 is 27.7. The van der Waals surface area contributed by atoms with Crippen LogP contribution in [-0.4, -0.2) is 25.9 Å². The molecule has 4 rings (SSSR count). The van der Waals surface area contributed by atoms with Gasteiger partial charge in [0, 0.05) is 12.2 Å². The number of thiazole rings is 1. The summed E-state index contributed by atoms with van der Waals surface area (Å²) in [7, 11) is -3.73. The number of aryl methyl sites for hydroxylation is 1. The average molecular weight is 478 g/mol. The Morgan fingerprint density at radius 1 is 0.939 bits per heavy atom. The van der Waals surface area contributed by atoms with Crippen LogP contribution in [0.25, 0.3) is 10.4 Å². The van der Waals surface area contributed by atoms with Crippen molar-refractivity contribution >= 4 is 38.6 Å². The van der Waals surface area contributed by atoms with Crippen molar-refractivity contribution in [2.24, 2.45) is 0 Å². The highest BCUT2D eigenvalue weighted by Crippen LogP contribution is 2.31. The van der Waals surface area contributed by atoms with E-state index in [0.29, 0.717) is 23.6 Å². The fourth-order valence-electron chi connectivity index (χ4n) is 3.48. The highest BCUT2D eigenvalue weighted by Gasteiger charge is 2.24. The smallest absolute Gasteiger partial charge is 0.275 e. The van der Waals surface area contributed by atoms with Crippen LogP contribution in [-0.2, 0) is 10.0 Å². The molecule has 0 unspecified atom stereocenters. The number of hydrogen-bond donors (Lipinski definition) is 1. The molecule has 1 N–H and O–H groups in total. The van der Waals surface area contributed by atoms with Crippen molar-refractivity contribution in [2.45, 2.75) is 18.7 Å². The van der Waals surface area contributed by atoms with Gasteiger partial charge in [0.15, 0.2) is 0 Å². The lowest BCUT2D eigenvalue weighted by Crippen LogP contribution is -2.30. The Bertz CT molecular complexity index is 1350. The summed E-state index contributed by atoms with van der Waals surface area (Å²) in [5, 5.41) is 3.62. The first-order valence-electron chi connectivity index (χ1n) is 10.4. The Balaban J connectivity index is 1.56. The van der Waals surface area contributed by atoms with E-state index in [1.54, 1.807) is 43.3 Å². The number of nitrogens with zero attached hydrogens (tertiary/aromatic N) is 2. The molecule has 1 heterocycles. The number of amides is 1. The van der Waals surface area contributed by atoms with Gasteiger partial charge in [-0.2, -0.15) is 0 Å². The Morgan fingerprint density at radius 2 is 1.55 bits per heavy atom. The number of rotatable bonds is 7. The SMILES string of the molecule is CCN(c1ccccc1)S(=O)(=O)c1ccc(NC(=O)c2nc(C)sc2-c2ccccc2)cc1. The molecule has 1 amide bonds. The maximum atomic E-state index is 13.2. The second kappa shape index (κ2) is 9.56. The van der Waals surface area contributed by atoms with Gasteiger partial charge in [-0.05, 0) is 55.8 Å². The molecule has 0 saturated carbocycles. The van der Waals surface area contributed by atoms with Crippen LogP contribution in [0.5, 0.6) is 0 Å². The van der Waals surface area contributed by atoms with E-state index >= 15 is 0 Å². The van der Waals surface area contributed by atoms with Crippen molar-refractivity contribution in [3.8, 4) is 10.4 Å². The van der Waals surface area contributed by atoms with E-state index < -0.39 is 10.0 Å². The Morgan fingerprint density at radius 3 is 2.15 bits per heavy atom. The van der Waals surface area contributed by atoms with Crippen molar-refractivity contribution < 1.29 is 13.2 Å². The number of hydrogen-bond acceptors (Lipinski definition) is 5. The fraction of sp³-hybridized carbons (Fsp3) is 0.120. The molecule has 0 saturated heterocycles. The molecule has 1 aromatic heterocycles. The number of carbonyl (C=O) groups excluding carboxylic acids is 1. The van der Waals surface area contributed by atoms with Gasteiger partial charge in [0.1, 0.15) is 5.69 Å². The largest absolute Gasteiger partial charge is 0.321 e. The molecule has 4 aromatic rings. The molecule has 0 radical (unpaired) electrons. The standard InChI is InChI=1S/C25H23N3O3S2/c1-3-28(21-12-8-5-9-13-21)33(30,31)22-16-14-20(15-17-22)27-25(29)23-24(32-18(2)26-23)19-10-6-4-7-11-19/h4-17H,3H2,1-2H3,(H,27,29). The van der Waals surface area contributed by atoms with Crippen molar-refractivity contribution in [2.75, 3.05) is 16.2 Å². The summed E-state index contributed by atoms with van der Waals surface area (Å²) in [6, 6.07) is 24.8. The van der Waals surface area contributed by atoms with Crippen LogP contribution in [0.1, 0.15) is 22.4 Å².